The molecule has 0 aromatic carbocycles. The van der Waals surface area contributed by atoms with Gasteiger partial charge in [0, 0.05) is 12.6 Å². The maximum Gasteiger partial charge on any atom is 0.300 e. The zero-order valence-electron chi connectivity index (χ0n) is 12.0. The number of rotatable bonds is 6. The van der Waals surface area contributed by atoms with Crippen molar-refractivity contribution in [2.24, 2.45) is 5.73 Å². The molecule has 114 valence electrons. The highest BCUT2D eigenvalue weighted by atomic mass is 16.6. The quantitative estimate of drug-likeness (QED) is 0.513. The van der Waals surface area contributed by atoms with Crippen molar-refractivity contribution in [3.05, 3.63) is 27.9 Å². The van der Waals surface area contributed by atoms with Gasteiger partial charge in [0.15, 0.2) is 0 Å². The summed E-state index contributed by atoms with van der Waals surface area (Å²) in [4.78, 5) is 37.5. The number of primary amides is 1. The lowest BCUT2D eigenvalue weighted by Crippen LogP contribution is -2.53. The van der Waals surface area contributed by atoms with Gasteiger partial charge in [0.1, 0.15) is 23.1 Å². The van der Waals surface area contributed by atoms with Crippen molar-refractivity contribution in [1.29, 1.82) is 0 Å². The third-order valence-electron chi connectivity index (χ3n) is 2.72. The molecule has 0 aliphatic rings. The number of carbonyl (C=O) groups is 2. The molecule has 0 spiro atoms. The highest BCUT2D eigenvalue weighted by Crippen LogP contribution is 2.21. The fourth-order valence-corrected chi connectivity index (χ4v) is 1.47. The molecule has 2 amide bonds. The second-order valence-electron chi connectivity index (χ2n) is 4.82. The Morgan fingerprint density at radius 1 is 1.48 bits per heavy atom. The van der Waals surface area contributed by atoms with Crippen LogP contribution in [-0.2, 0) is 4.79 Å². The number of amides is 2. The van der Waals surface area contributed by atoms with Crippen LogP contribution in [0, 0.1) is 10.1 Å². The molecule has 0 aliphatic carbocycles. The minimum Gasteiger partial charge on any atom is -0.370 e. The largest absolute Gasteiger partial charge is 0.370 e. The molecular weight excluding hydrogens is 278 g/mol. The number of carbonyl (C=O) groups excluding carboxylic acids is 2. The lowest BCUT2D eigenvalue weighted by atomic mass is 10.0. The number of aromatic nitrogens is 1. The van der Waals surface area contributed by atoms with Crippen molar-refractivity contribution < 1.29 is 14.5 Å². The summed E-state index contributed by atoms with van der Waals surface area (Å²) >= 11 is 0. The summed E-state index contributed by atoms with van der Waals surface area (Å²) in [7, 11) is 0. The first-order valence-corrected chi connectivity index (χ1v) is 6.19. The van der Waals surface area contributed by atoms with Crippen LogP contribution in [0.1, 0.15) is 31.1 Å². The Labute approximate surface area is 121 Å². The molecule has 4 N–H and O–H groups in total. The van der Waals surface area contributed by atoms with Crippen LogP contribution in [0.4, 0.5) is 11.5 Å². The summed E-state index contributed by atoms with van der Waals surface area (Å²) in [5.74, 6) is -1.20. The van der Waals surface area contributed by atoms with Crippen LogP contribution in [0.2, 0.25) is 0 Å². The Bertz CT molecular complexity index is 585. The highest BCUT2D eigenvalue weighted by molar-refractivity contribution is 6.01. The van der Waals surface area contributed by atoms with Gasteiger partial charge in [0.2, 0.25) is 5.91 Å². The van der Waals surface area contributed by atoms with E-state index in [0.29, 0.717) is 12.4 Å². The van der Waals surface area contributed by atoms with Crippen LogP contribution in [0.15, 0.2) is 12.3 Å². The van der Waals surface area contributed by atoms with E-state index in [4.69, 9.17) is 5.73 Å². The molecule has 9 nitrogen and oxygen atoms in total. The molecule has 0 unspecified atom stereocenters. The minimum atomic E-state index is -1.33. The SMILES string of the molecule is CCNc1cc(C(=O)NC(C)(C)C(N)=O)c([N+](=O)[O-])cn1. The predicted molar refractivity (Wildman–Crippen MR) is 75.8 cm³/mol. The number of hydrogen-bond acceptors (Lipinski definition) is 6. The van der Waals surface area contributed by atoms with Gasteiger partial charge in [0.05, 0.1) is 4.92 Å². The van der Waals surface area contributed by atoms with Crippen LogP contribution in [0.5, 0.6) is 0 Å². The number of nitrogens with zero attached hydrogens (tertiary/aromatic N) is 2. The molecule has 1 aromatic heterocycles. The van der Waals surface area contributed by atoms with E-state index in [1.807, 2.05) is 6.92 Å². The van der Waals surface area contributed by atoms with E-state index in [-0.39, 0.29) is 5.56 Å². The average molecular weight is 295 g/mol. The number of anilines is 1. The Kier molecular flexibility index (Phi) is 4.79. The Hall–Kier alpha value is -2.71. The zero-order chi connectivity index (χ0) is 16.2. The minimum absolute atomic E-state index is 0.194. The van der Waals surface area contributed by atoms with E-state index in [0.717, 1.165) is 6.20 Å². The smallest absolute Gasteiger partial charge is 0.300 e. The van der Waals surface area contributed by atoms with Gasteiger partial charge in [-0.3, -0.25) is 19.7 Å². The summed E-state index contributed by atoms with van der Waals surface area (Å²) in [6, 6.07) is 1.26. The van der Waals surface area contributed by atoms with Gasteiger partial charge in [-0.2, -0.15) is 0 Å². The third-order valence-corrected chi connectivity index (χ3v) is 2.72. The fraction of sp³-hybridized carbons (Fsp3) is 0.417. The lowest BCUT2D eigenvalue weighted by molar-refractivity contribution is -0.385. The van der Waals surface area contributed by atoms with Crippen molar-refractivity contribution in [3.63, 3.8) is 0 Å². The maximum absolute atomic E-state index is 12.2. The van der Waals surface area contributed by atoms with Crippen LogP contribution < -0.4 is 16.4 Å². The van der Waals surface area contributed by atoms with Gasteiger partial charge in [0.25, 0.3) is 11.6 Å². The molecule has 0 fully saturated rings. The fourth-order valence-electron chi connectivity index (χ4n) is 1.47. The first-order chi connectivity index (χ1) is 9.69. The van der Waals surface area contributed by atoms with E-state index >= 15 is 0 Å². The second kappa shape index (κ2) is 6.16. The second-order valence-corrected chi connectivity index (χ2v) is 4.82. The van der Waals surface area contributed by atoms with E-state index < -0.39 is 28.0 Å². The third kappa shape index (κ3) is 3.88. The molecule has 0 atom stereocenters. The zero-order valence-corrected chi connectivity index (χ0v) is 12.0. The van der Waals surface area contributed by atoms with Gasteiger partial charge in [-0.25, -0.2) is 4.98 Å². The van der Waals surface area contributed by atoms with Gasteiger partial charge in [-0.15, -0.1) is 0 Å². The van der Waals surface area contributed by atoms with E-state index in [2.05, 4.69) is 15.6 Å². The van der Waals surface area contributed by atoms with Crippen LogP contribution in [0.25, 0.3) is 0 Å². The standard InChI is InChI=1S/C12H17N5O4/c1-4-14-9-5-7(8(6-15-9)17(20)21)10(18)16-12(2,3)11(13)19/h5-6H,4H2,1-3H3,(H2,13,19)(H,14,15)(H,16,18). The molecule has 0 radical (unpaired) electrons. The Morgan fingerprint density at radius 3 is 2.57 bits per heavy atom. The molecule has 9 heteroatoms. The summed E-state index contributed by atoms with van der Waals surface area (Å²) in [6.07, 6.45) is 0.990. The van der Waals surface area contributed by atoms with E-state index in [1.54, 1.807) is 0 Å². The van der Waals surface area contributed by atoms with Crippen molar-refractivity contribution in [2.75, 3.05) is 11.9 Å². The first-order valence-electron chi connectivity index (χ1n) is 6.19. The number of nitrogens with two attached hydrogens (primary N) is 1. The molecule has 0 saturated carbocycles. The summed E-state index contributed by atoms with van der Waals surface area (Å²) in [5.41, 5.74) is 3.19. The molecule has 21 heavy (non-hydrogen) atoms. The number of nitro groups is 1. The van der Waals surface area contributed by atoms with E-state index in [9.17, 15) is 19.7 Å². The Morgan fingerprint density at radius 2 is 2.10 bits per heavy atom. The predicted octanol–water partition coefficient (Wildman–Crippen LogP) is 0.415. The molecule has 0 saturated heterocycles. The molecular formula is C12H17N5O4. The van der Waals surface area contributed by atoms with Crippen molar-refractivity contribution >= 4 is 23.3 Å². The lowest BCUT2D eigenvalue weighted by Gasteiger charge is -2.22. The molecule has 0 aliphatic heterocycles. The van der Waals surface area contributed by atoms with Crippen molar-refractivity contribution in [1.82, 2.24) is 10.3 Å². The number of hydrogen-bond donors (Lipinski definition) is 3. The van der Waals surface area contributed by atoms with Crippen LogP contribution in [-0.4, -0.2) is 33.8 Å². The van der Waals surface area contributed by atoms with Gasteiger partial charge in [-0.05, 0) is 20.8 Å². The topological polar surface area (TPSA) is 140 Å². The normalized spacial score (nSPS) is 10.8. The van der Waals surface area contributed by atoms with Gasteiger partial charge in [-0.1, -0.05) is 0 Å². The molecule has 0 bridgehead atoms. The van der Waals surface area contributed by atoms with E-state index in [1.165, 1.54) is 19.9 Å². The van der Waals surface area contributed by atoms with Gasteiger partial charge < -0.3 is 16.4 Å². The number of pyridine rings is 1. The summed E-state index contributed by atoms with van der Waals surface area (Å²) in [5, 5.41) is 16.2. The summed E-state index contributed by atoms with van der Waals surface area (Å²) in [6.45, 7) is 5.18. The van der Waals surface area contributed by atoms with Crippen molar-refractivity contribution in [3.8, 4) is 0 Å². The molecule has 1 heterocycles. The van der Waals surface area contributed by atoms with Gasteiger partial charge >= 0.3 is 0 Å². The number of nitrogens with one attached hydrogen (secondary N) is 2. The first kappa shape index (κ1) is 16.3. The maximum atomic E-state index is 12.2. The highest BCUT2D eigenvalue weighted by Gasteiger charge is 2.30. The molecule has 1 aromatic rings. The monoisotopic (exact) mass is 295 g/mol. The van der Waals surface area contributed by atoms with Crippen LogP contribution in [0.3, 0.4) is 0 Å². The van der Waals surface area contributed by atoms with Crippen LogP contribution >= 0.6 is 0 Å². The summed E-state index contributed by atoms with van der Waals surface area (Å²) < 4.78 is 0. The average Bonchev–Trinajstić information content (AvgIpc) is 2.38. The Balaban J connectivity index is 3.19. The molecule has 1 rings (SSSR count). The van der Waals surface area contributed by atoms with Crippen molar-refractivity contribution in [2.45, 2.75) is 26.3 Å².